The highest BCUT2D eigenvalue weighted by Crippen LogP contribution is 2.23. The number of amides is 1. The van der Waals surface area contributed by atoms with Crippen LogP contribution in [0.15, 0.2) is 23.1 Å². The van der Waals surface area contributed by atoms with Gasteiger partial charge in [0, 0.05) is 19.8 Å². The third-order valence-electron chi connectivity index (χ3n) is 3.49. The van der Waals surface area contributed by atoms with Gasteiger partial charge in [0.2, 0.25) is 15.9 Å². The van der Waals surface area contributed by atoms with E-state index in [1.807, 2.05) is 6.92 Å². The first-order valence-corrected chi connectivity index (χ1v) is 8.60. The minimum absolute atomic E-state index is 0. The fraction of sp³-hybridized carbons (Fsp3) is 0.533. The molecule has 23 heavy (non-hydrogen) atoms. The van der Waals surface area contributed by atoms with Gasteiger partial charge in [0.15, 0.2) is 0 Å². The number of nitrogens with two attached hydrogens (primary N) is 1. The molecule has 0 aliphatic heterocycles. The van der Waals surface area contributed by atoms with E-state index in [0.717, 1.165) is 10.7 Å². The molecule has 0 radical (unpaired) electrons. The van der Waals surface area contributed by atoms with Crippen LogP contribution in [0.5, 0.6) is 0 Å². The quantitative estimate of drug-likeness (QED) is 0.809. The van der Waals surface area contributed by atoms with Gasteiger partial charge in [-0.1, -0.05) is 19.4 Å². The van der Waals surface area contributed by atoms with Crippen LogP contribution in [0.1, 0.15) is 32.3 Å². The Bertz CT molecular complexity index is 658. The van der Waals surface area contributed by atoms with Crippen molar-refractivity contribution < 1.29 is 13.2 Å². The van der Waals surface area contributed by atoms with Crippen molar-refractivity contribution in [2.75, 3.05) is 19.4 Å². The summed E-state index contributed by atoms with van der Waals surface area (Å²) in [6.07, 6.45) is 1.34. The third kappa shape index (κ3) is 5.17. The SMILES string of the molecule is CCCC(C)(N)C(=O)Nc1ccc(C)c(S(=O)(=O)N(C)C)c1.Cl. The molecule has 0 spiro atoms. The number of nitrogens with zero attached hydrogens (tertiary/aromatic N) is 1. The fourth-order valence-electron chi connectivity index (χ4n) is 2.06. The molecule has 1 aromatic carbocycles. The van der Waals surface area contributed by atoms with Gasteiger partial charge in [-0.05, 0) is 38.0 Å². The van der Waals surface area contributed by atoms with E-state index in [1.54, 1.807) is 26.0 Å². The number of carbonyl (C=O) groups excluding carboxylic acids is 1. The molecule has 0 heterocycles. The first-order valence-electron chi connectivity index (χ1n) is 7.16. The summed E-state index contributed by atoms with van der Waals surface area (Å²) >= 11 is 0. The average Bonchev–Trinajstić information content (AvgIpc) is 2.40. The van der Waals surface area contributed by atoms with Crippen LogP contribution < -0.4 is 11.1 Å². The zero-order valence-electron chi connectivity index (χ0n) is 14.2. The third-order valence-corrected chi connectivity index (χ3v) is 5.45. The molecular formula is C15H26ClN3O3S. The van der Waals surface area contributed by atoms with Gasteiger partial charge in [0.25, 0.3) is 0 Å². The van der Waals surface area contributed by atoms with Crippen LogP contribution in [-0.2, 0) is 14.8 Å². The Morgan fingerprint density at radius 3 is 2.39 bits per heavy atom. The van der Waals surface area contributed by atoms with Crippen LogP contribution in [0.4, 0.5) is 5.69 Å². The number of nitrogens with one attached hydrogen (secondary N) is 1. The maximum Gasteiger partial charge on any atom is 0.244 e. The van der Waals surface area contributed by atoms with Gasteiger partial charge in [0.1, 0.15) is 0 Å². The number of anilines is 1. The largest absolute Gasteiger partial charge is 0.324 e. The lowest BCUT2D eigenvalue weighted by Crippen LogP contribution is -2.48. The van der Waals surface area contributed by atoms with Crippen molar-refractivity contribution in [3.63, 3.8) is 0 Å². The zero-order chi connectivity index (χ0) is 17.1. The molecule has 0 bridgehead atoms. The van der Waals surface area contributed by atoms with Crippen LogP contribution in [0.25, 0.3) is 0 Å². The molecule has 1 unspecified atom stereocenters. The minimum atomic E-state index is -3.56. The molecule has 0 aliphatic carbocycles. The zero-order valence-corrected chi connectivity index (χ0v) is 15.8. The summed E-state index contributed by atoms with van der Waals surface area (Å²) < 4.78 is 25.7. The van der Waals surface area contributed by atoms with Gasteiger partial charge in [-0.3, -0.25) is 4.79 Å². The van der Waals surface area contributed by atoms with E-state index >= 15 is 0 Å². The van der Waals surface area contributed by atoms with Crippen molar-refractivity contribution in [2.24, 2.45) is 5.73 Å². The fourth-order valence-corrected chi connectivity index (χ4v) is 3.20. The van der Waals surface area contributed by atoms with Crippen LogP contribution in [0.2, 0.25) is 0 Å². The van der Waals surface area contributed by atoms with E-state index in [4.69, 9.17) is 5.73 Å². The van der Waals surface area contributed by atoms with E-state index in [1.165, 1.54) is 20.2 Å². The van der Waals surface area contributed by atoms with Gasteiger partial charge in [-0.25, -0.2) is 12.7 Å². The highest BCUT2D eigenvalue weighted by atomic mass is 35.5. The smallest absolute Gasteiger partial charge is 0.244 e. The number of rotatable bonds is 6. The van der Waals surface area contributed by atoms with Gasteiger partial charge in [0.05, 0.1) is 10.4 Å². The van der Waals surface area contributed by atoms with E-state index < -0.39 is 15.6 Å². The molecule has 132 valence electrons. The molecule has 0 aromatic heterocycles. The second-order valence-corrected chi connectivity index (χ2v) is 8.01. The molecule has 0 saturated carbocycles. The molecule has 6 nitrogen and oxygen atoms in total. The van der Waals surface area contributed by atoms with Crippen molar-refractivity contribution >= 4 is 34.0 Å². The lowest BCUT2D eigenvalue weighted by Gasteiger charge is -2.23. The lowest BCUT2D eigenvalue weighted by atomic mass is 9.96. The summed E-state index contributed by atoms with van der Waals surface area (Å²) in [6.45, 7) is 5.33. The Labute approximate surface area is 144 Å². The second-order valence-electron chi connectivity index (χ2n) is 5.89. The molecule has 0 fully saturated rings. The Morgan fingerprint density at radius 1 is 1.35 bits per heavy atom. The first-order chi connectivity index (χ1) is 10.0. The second kappa shape index (κ2) is 8.10. The van der Waals surface area contributed by atoms with E-state index in [9.17, 15) is 13.2 Å². The van der Waals surface area contributed by atoms with Gasteiger partial charge < -0.3 is 11.1 Å². The number of hydrogen-bond donors (Lipinski definition) is 2. The highest BCUT2D eigenvalue weighted by molar-refractivity contribution is 7.89. The van der Waals surface area contributed by atoms with E-state index in [2.05, 4.69) is 5.32 Å². The van der Waals surface area contributed by atoms with Crippen molar-refractivity contribution in [1.82, 2.24) is 4.31 Å². The normalized spacial score (nSPS) is 14.0. The predicted octanol–water partition coefficient (Wildman–Crippen LogP) is 2.12. The molecular weight excluding hydrogens is 338 g/mol. The Kier molecular flexibility index (Phi) is 7.69. The van der Waals surface area contributed by atoms with Gasteiger partial charge >= 0.3 is 0 Å². The minimum Gasteiger partial charge on any atom is -0.324 e. The molecule has 3 N–H and O–H groups in total. The van der Waals surface area contributed by atoms with Gasteiger partial charge in [-0.15, -0.1) is 12.4 Å². The molecule has 1 rings (SSSR count). The van der Waals surface area contributed by atoms with Crippen molar-refractivity contribution in [3.8, 4) is 0 Å². The molecule has 8 heteroatoms. The van der Waals surface area contributed by atoms with E-state index in [0.29, 0.717) is 17.7 Å². The maximum atomic E-state index is 12.3. The monoisotopic (exact) mass is 363 g/mol. The van der Waals surface area contributed by atoms with Crippen molar-refractivity contribution in [2.45, 2.75) is 44.0 Å². The number of sulfonamides is 1. The Morgan fingerprint density at radius 2 is 1.91 bits per heavy atom. The van der Waals surface area contributed by atoms with Crippen molar-refractivity contribution in [3.05, 3.63) is 23.8 Å². The predicted molar refractivity (Wildman–Crippen MR) is 95.4 cm³/mol. The molecule has 1 amide bonds. The standard InChI is InChI=1S/C15H25N3O3S.ClH/c1-6-9-15(3,16)14(19)17-12-8-7-11(2)13(10-12)22(20,21)18(4)5;/h7-8,10H,6,9,16H2,1-5H3,(H,17,19);1H. The molecule has 0 aliphatic rings. The average molecular weight is 364 g/mol. The molecule has 1 atom stereocenters. The highest BCUT2D eigenvalue weighted by Gasteiger charge is 2.28. The number of carbonyl (C=O) groups is 1. The first kappa shape index (κ1) is 21.9. The van der Waals surface area contributed by atoms with E-state index in [-0.39, 0.29) is 23.2 Å². The summed E-state index contributed by atoms with van der Waals surface area (Å²) in [4.78, 5) is 12.4. The number of halogens is 1. The van der Waals surface area contributed by atoms with Crippen LogP contribution in [0.3, 0.4) is 0 Å². The topological polar surface area (TPSA) is 92.5 Å². The summed E-state index contributed by atoms with van der Waals surface area (Å²) in [5, 5.41) is 2.70. The Hall–Kier alpha value is -1.15. The van der Waals surface area contributed by atoms with Crippen LogP contribution in [0, 0.1) is 6.92 Å². The number of benzene rings is 1. The lowest BCUT2D eigenvalue weighted by molar-refractivity contribution is -0.120. The summed E-state index contributed by atoms with van der Waals surface area (Å²) in [5.41, 5.74) is 6.04. The van der Waals surface area contributed by atoms with Gasteiger partial charge in [-0.2, -0.15) is 0 Å². The van der Waals surface area contributed by atoms with Crippen LogP contribution >= 0.6 is 12.4 Å². The Balaban J connectivity index is 0.00000484. The number of aryl methyl sites for hydroxylation is 1. The number of hydrogen-bond acceptors (Lipinski definition) is 4. The summed E-state index contributed by atoms with van der Waals surface area (Å²) in [5.74, 6) is -0.327. The maximum absolute atomic E-state index is 12.3. The summed E-state index contributed by atoms with van der Waals surface area (Å²) in [7, 11) is -0.620. The van der Waals surface area contributed by atoms with Crippen LogP contribution in [-0.4, -0.2) is 38.3 Å². The molecule has 1 aromatic rings. The van der Waals surface area contributed by atoms with Crippen molar-refractivity contribution in [1.29, 1.82) is 0 Å². The summed E-state index contributed by atoms with van der Waals surface area (Å²) in [6, 6.07) is 4.80. The molecule has 0 saturated heterocycles.